The average Bonchev–Trinajstić information content (AvgIpc) is 2.79. The highest BCUT2D eigenvalue weighted by Crippen LogP contribution is 2.35. The summed E-state index contributed by atoms with van der Waals surface area (Å²) < 4.78 is 68.4. The third kappa shape index (κ3) is 3.87. The third-order valence-corrected chi connectivity index (χ3v) is 4.19. The molecule has 2 atom stereocenters. The number of rotatable bonds is 4. The molecule has 0 aliphatic carbocycles. The van der Waals surface area contributed by atoms with E-state index in [2.05, 4.69) is 9.50 Å². The van der Waals surface area contributed by atoms with Crippen LogP contribution in [0.15, 0.2) is 18.2 Å². The molecule has 1 amide bonds. The zero-order valence-electron chi connectivity index (χ0n) is 12.2. The zero-order chi connectivity index (χ0) is 17.4. The monoisotopic (exact) mass is 353 g/mol. The molecular weight excluding hydrogens is 339 g/mol. The number of nitrogens with one attached hydrogen (secondary N) is 1. The van der Waals surface area contributed by atoms with Crippen LogP contribution < -0.4 is 14.2 Å². The van der Waals surface area contributed by atoms with Gasteiger partial charge in [-0.1, -0.05) is 6.07 Å². The maximum Gasteiger partial charge on any atom is 0.534 e. The van der Waals surface area contributed by atoms with Crippen LogP contribution in [0, 0.1) is 0 Å². The number of carbonyl (C=O) groups is 1. The van der Waals surface area contributed by atoms with E-state index in [0.717, 1.165) is 12.1 Å². The van der Waals surface area contributed by atoms with Gasteiger partial charge in [0.15, 0.2) is 0 Å². The zero-order valence-corrected chi connectivity index (χ0v) is 13.0. The number of alkyl halides is 3. The maximum absolute atomic E-state index is 12.3. The summed E-state index contributed by atoms with van der Waals surface area (Å²) in [5, 5.41) is 2.65. The molecule has 1 aromatic rings. The van der Waals surface area contributed by atoms with E-state index in [1.807, 2.05) is 0 Å². The van der Waals surface area contributed by atoms with Crippen LogP contribution in [-0.2, 0) is 21.3 Å². The SMILES string of the molecule is CC(=O)N[C@@H](C)[C@@H]1Cc2ccc(OS(=O)(=O)C(F)(F)F)cc2O1. The van der Waals surface area contributed by atoms with Gasteiger partial charge in [-0.2, -0.15) is 21.6 Å². The standard InChI is InChI=1S/C13H14F3NO5S/c1-7(17-8(2)18)11-5-9-3-4-10(6-12(9)21-11)22-23(19,20)13(14,15)16/h3-4,6-7,11H,5H2,1-2H3,(H,17,18)/t7-,11-/m0/s1. The van der Waals surface area contributed by atoms with Gasteiger partial charge in [0.2, 0.25) is 5.91 Å². The van der Waals surface area contributed by atoms with Crippen molar-refractivity contribution in [2.45, 2.75) is 37.9 Å². The van der Waals surface area contributed by atoms with E-state index >= 15 is 0 Å². The fourth-order valence-corrected chi connectivity index (χ4v) is 2.60. The first-order valence-corrected chi connectivity index (χ1v) is 7.98. The van der Waals surface area contributed by atoms with Crippen LogP contribution in [0.3, 0.4) is 0 Å². The lowest BCUT2D eigenvalue weighted by Gasteiger charge is -2.19. The molecule has 0 aromatic heterocycles. The molecule has 0 saturated heterocycles. The van der Waals surface area contributed by atoms with Crippen molar-refractivity contribution in [3.8, 4) is 11.5 Å². The smallest absolute Gasteiger partial charge is 0.488 e. The summed E-state index contributed by atoms with van der Waals surface area (Å²) in [5.74, 6) is -0.506. The summed E-state index contributed by atoms with van der Waals surface area (Å²) in [4.78, 5) is 11.0. The number of hydrogen-bond donors (Lipinski definition) is 1. The Morgan fingerprint density at radius 1 is 1.43 bits per heavy atom. The molecule has 1 aliphatic heterocycles. The Bertz CT molecular complexity index is 717. The van der Waals surface area contributed by atoms with E-state index in [-0.39, 0.29) is 17.7 Å². The Balaban J connectivity index is 2.14. The van der Waals surface area contributed by atoms with Crippen LogP contribution in [0.1, 0.15) is 19.4 Å². The highest BCUT2D eigenvalue weighted by atomic mass is 32.2. The first-order chi connectivity index (χ1) is 10.5. The number of fused-ring (bicyclic) bond motifs is 1. The molecule has 0 unspecified atom stereocenters. The largest absolute Gasteiger partial charge is 0.534 e. The van der Waals surface area contributed by atoms with Crippen LogP contribution in [0.2, 0.25) is 0 Å². The first-order valence-electron chi connectivity index (χ1n) is 6.57. The van der Waals surface area contributed by atoms with Crippen LogP contribution in [-0.4, -0.2) is 32.0 Å². The quantitative estimate of drug-likeness (QED) is 0.659. The summed E-state index contributed by atoms with van der Waals surface area (Å²) >= 11 is 0. The van der Waals surface area contributed by atoms with Gasteiger partial charge in [0.1, 0.15) is 17.6 Å². The predicted octanol–water partition coefficient (Wildman–Crippen LogP) is 1.74. The number of halogens is 3. The van der Waals surface area contributed by atoms with Crippen LogP contribution >= 0.6 is 0 Å². The van der Waals surface area contributed by atoms with Gasteiger partial charge in [0, 0.05) is 19.4 Å². The molecule has 23 heavy (non-hydrogen) atoms. The van der Waals surface area contributed by atoms with Gasteiger partial charge in [0.05, 0.1) is 6.04 Å². The normalized spacial score (nSPS) is 18.7. The van der Waals surface area contributed by atoms with Gasteiger partial charge < -0.3 is 14.2 Å². The summed E-state index contributed by atoms with van der Waals surface area (Å²) in [6.45, 7) is 3.08. The molecule has 0 spiro atoms. The van der Waals surface area contributed by atoms with Gasteiger partial charge in [-0.15, -0.1) is 0 Å². The lowest BCUT2D eigenvalue weighted by Crippen LogP contribution is -2.42. The Morgan fingerprint density at radius 2 is 2.09 bits per heavy atom. The van der Waals surface area contributed by atoms with Crippen molar-refractivity contribution in [2.75, 3.05) is 0 Å². The second-order valence-electron chi connectivity index (χ2n) is 5.10. The maximum atomic E-state index is 12.3. The van der Waals surface area contributed by atoms with E-state index in [1.165, 1.54) is 13.0 Å². The molecule has 1 N–H and O–H groups in total. The fourth-order valence-electron chi connectivity index (χ4n) is 2.15. The average molecular weight is 353 g/mol. The highest BCUT2D eigenvalue weighted by molar-refractivity contribution is 7.88. The molecule has 0 bridgehead atoms. The lowest BCUT2D eigenvalue weighted by molar-refractivity contribution is -0.120. The van der Waals surface area contributed by atoms with Crippen molar-refractivity contribution in [2.24, 2.45) is 0 Å². The van der Waals surface area contributed by atoms with Gasteiger partial charge in [-0.25, -0.2) is 0 Å². The highest BCUT2D eigenvalue weighted by Gasteiger charge is 2.48. The molecule has 1 heterocycles. The summed E-state index contributed by atoms with van der Waals surface area (Å²) in [6.07, 6.45) is 0.0340. The van der Waals surface area contributed by atoms with Gasteiger partial charge in [-0.3, -0.25) is 4.79 Å². The molecule has 128 valence electrons. The van der Waals surface area contributed by atoms with E-state index in [4.69, 9.17) is 4.74 Å². The van der Waals surface area contributed by atoms with Crippen LogP contribution in [0.4, 0.5) is 13.2 Å². The van der Waals surface area contributed by atoms with Crippen molar-refractivity contribution < 1.29 is 35.3 Å². The summed E-state index contributed by atoms with van der Waals surface area (Å²) in [6, 6.07) is 3.32. The van der Waals surface area contributed by atoms with Crippen LogP contribution in [0.5, 0.6) is 11.5 Å². The second-order valence-corrected chi connectivity index (χ2v) is 6.64. The summed E-state index contributed by atoms with van der Waals surface area (Å²) in [7, 11) is -5.73. The second kappa shape index (κ2) is 5.91. The molecule has 0 saturated carbocycles. The van der Waals surface area contributed by atoms with Crippen molar-refractivity contribution in [3.63, 3.8) is 0 Å². The Hall–Kier alpha value is -1.97. The molecule has 0 fully saturated rings. The lowest BCUT2D eigenvalue weighted by atomic mass is 10.1. The van der Waals surface area contributed by atoms with E-state index in [9.17, 15) is 26.4 Å². The van der Waals surface area contributed by atoms with Crippen molar-refractivity contribution in [1.82, 2.24) is 5.32 Å². The Kier molecular flexibility index (Phi) is 4.47. The number of carbonyl (C=O) groups excluding carboxylic acids is 1. The molecule has 0 radical (unpaired) electrons. The Labute approximate surface area is 130 Å². The van der Waals surface area contributed by atoms with Gasteiger partial charge in [0.25, 0.3) is 0 Å². The van der Waals surface area contributed by atoms with Gasteiger partial charge >= 0.3 is 15.6 Å². The third-order valence-electron chi connectivity index (χ3n) is 3.22. The number of benzene rings is 1. The van der Waals surface area contributed by atoms with E-state index in [1.54, 1.807) is 6.92 Å². The molecule has 10 heteroatoms. The Morgan fingerprint density at radius 3 is 2.65 bits per heavy atom. The van der Waals surface area contributed by atoms with Crippen LogP contribution in [0.25, 0.3) is 0 Å². The fraction of sp³-hybridized carbons (Fsp3) is 0.462. The summed E-state index contributed by atoms with van der Waals surface area (Å²) in [5.41, 5.74) is -4.82. The molecule has 6 nitrogen and oxygen atoms in total. The number of ether oxygens (including phenoxy) is 1. The van der Waals surface area contributed by atoms with E-state index in [0.29, 0.717) is 12.0 Å². The van der Waals surface area contributed by atoms with Crippen molar-refractivity contribution in [1.29, 1.82) is 0 Å². The number of hydrogen-bond acceptors (Lipinski definition) is 5. The topological polar surface area (TPSA) is 81.7 Å². The van der Waals surface area contributed by atoms with Crippen molar-refractivity contribution in [3.05, 3.63) is 23.8 Å². The molecular formula is C13H14F3NO5S. The molecule has 2 rings (SSSR count). The number of amides is 1. The first kappa shape index (κ1) is 17.4. The van der Waals surface area contributed by atoms with E-state index < -0.39 is 27.5 Å². The molecule has 1 aromatic carbocycles. The van der Waals surface area contributed by atoms with Gasteiger partial charge in [-0.05, 0) is 18.6 Å². The minimum absolute atomic E-state index is 0.224. The predicted molar refractivity (Wildman–Crippen MR) is 73.4 cm³/mol. The minimum Gasteiger partial charge on any atom is -0.488 e. The minimum atomic E-state index is -5.73. The van der Waals surface area contributed by atoms with Crippen molar-refractivity contribution >= 4 is 16.0 Å². The molecule has 1 aliphatic rings.